The number of carbonyl (C=O) groups is 2. The molecule has 4 nitrogen and oxygen atoms in total. The molecule has 0 heterocycles. The zero-order valence-corrected chi connectivity index (χ0v) is 17.5. The summed E-state index contributed by atoms with van der Waals surface area (Å²) in [6.45, 7) is 5.51. The molecule has 2 amide bonds. The molecular weight excluding hydrogens is 398 g/mol. The summed E-state index contributed by atoms with van der Waals surface area (Å²) in [4.78, 5) is 27.0. The van der Waals surface area contributed by atoms with Crippen LogP contribution in [0.1, 0.15) is 38.3 Å². The predicted molar refractivity (Wildman–Crippen MR) is 109 cm³/mol. The van der Waals surface area contributed by atoms with E-state index in [9.17, 15) is 18.4 Å². The van der Waals surface area contributed by atoms with Crippen molar-refractivity contribution in [3.63, 3.8) is 0 Å². The van der Waals surface area contributed by atoms with Crippen molar-refractivity contribution in [2.24, 2.45) is 0 Å². The topological polar surface area (TPSA) is 49.4 Å². The largest absolute Gasteiger partial charge is 0.352 e. The van der Waals surface area contributed by atoms with E-state index >= 15 is 0 Å². The Hall–Kier alpha value is -2.47. The Morgan fingerprint density at radius 3 is 2.34 bits per heavy atom. The van der Waals surface area contributed by atoms with Crippen LogP contribution in [0.5, 0.6) is 0 Å². The molecule has 0 saturated heterocycles. The van der Waals surface area contributed by atoms with E-state index in [0.717, 1.165) is 6.42 Å². The van der Waals surface area contributed by atoms with Gasteiger partial charge < -0.3 is 10.2 Å². The van der Waals surface area contributed by atoms with Gasteiger partial charge in [0.2, 0.25) is 11.8 Å². The summed E-state index contributed by atoms with van der Waals surface area (Å²) in [5, 5.41) is 3.00. The first-order chi connectivity index (χ1) is 13.7. The molecule has 0 saturated carbocycles. The van der Waals surface area contributed by atoms with Crippen LogP contribution < -0.4 is 5.32 Å². The second kappa shape index (κ2) is 10.3. The molecule has 0 bridgehead atoms. The number of benzene rings is 2. The second-order valence-electron chi connectivity index (χ2n) is 7.02. The zero-order valence-electron chi connectivity index (χ0n) is 16.7. The molecule has 2 aromatic carbocycles. The van der Waals surface area contributed by atoms with Crippen LogP contribution >= 0.6 is 11.6 Å². The lowest BCUT2D eigenvalue weighted by Gasteiger charge is -2.30. The Kier molecular flexibility index (Phi) is 8.14. The van der Waals surface area contributed by atoms with Crippen molar-refractivity contribution in [1.82, 2.24) is 10.2 Å². The molecule has 1 N–H and O–H groups in total. The van der Waals surface area contributed by atoms with Gasteiger partial charge in [-0.25, -0.2) is 8.78 Å². The Morgan fingerprint density at radius 1 is 1.10 bits per heavy atom. The van der Waals surface area contributed by atoms with Gasteiger partial charge in [-0.1, -0.05) is 36.7 Å². The Morgan fingerprint density at radius 2 is 1.76 bits per heavy atom. The number of nitrogens with zero attached hydrogens (tertiary/aromatic N) is 1. The molecule has 0 aliphatic carbocycles. The standard InChI is InChI=1S/C22H25ClF2N2O2/c1-4-14(2)26-22(29)15(3)27(13-16-8-10-17(24)11-9-16)21(28)12-18-19(23)6-5-7-20(18)25/h5-11,14-15H,4,12-13H2,1-3H3,(H,26,29)/t14-,15+/m1/s1. The Bertz CT molecular complexity index is 838. The Balaban J connectivity index is 2.28. The van der Waals surface area contributed by atoms with Crippen LogP contribution in [-0.2, 0) is 22.6 Å². The number of nitrogens with one attached hydrogen (secondary N) is 1. The lowest BCUT2D eigenvalue weighted by molar-refractivity contribution is -0.140. The molecule has 0 fully saturated rings. The van der Waals surface area contributed by atoms with E-state index in [1.54, 1.807) is 19.1 Å². The number of hydrogen-bond donors (Lipinski definition) is 1. The van der Waals surface area contributed by atoms with Crippen molar-refractivity contribution in [3.05, 3.63) is 70.2 Å². The third-order valence-corrected chi connectivity index (χ3v) is 5.18. The quantitative estimate of drug-likeness (QED) is 0.681. The summed E-state index contributed by atoms with van der Waals surface area (Å²) in [6, 6.07) is 9.03. The summed E-state index contributed by atoms with van der Waals surface area (Å²) < 4.78 is 27.4. The van der Waals surface area contributed by atoms with Crippen LogP contribution in [0.4, 0.5) is 8.78 Å². The van der Waals surface area contributed by atoms with Gasteiger partial charge in [-0.15, -0.1) is 0 Å². The highest BCUT2D eigenvalue weighted by atomic mass is 35.5. The van der Waals surface area contributed by atoms with E-state index in [-0.39, 0.29) is 35.5 Å². The highest BCUT2D eigenvalue weighted by Gasteiger charge is 2.28. The predicted octanol–water partition coefficient (Wildman–Crippen LogP) is 4.49. The molecule has 0 aliphatic rings. The van der Waals surface area contributed by atoms with Crippen LogP contribution in [0.3, 0.4) is 0 Å². The maximum absolute atomic E-state index is 14.1. The van der Waals surface area contributed by atoms with Gasteiger partial charge in [0.05, 0.1) is 6.42 Å². The highest BCUT2D eigenvalue weighted by molar-refractivity contribution is 6.31. The van der Waals surface area contributed by atoms with E-state index in [1.807, 2.05) is 13.8 Å². The number of rotatable bonds is 8. The third-order valence-electron chi connectivity index (χ3n) is 4.82. The van der Waals surface area contributed by atoms with E-state index in [0.29, 0.717) is 5.56 Å². The van der Waals surface area contributed by atoms with Crippen molar-refractivity contribution >= 4 is 23.4 Å². The number of amides is 2. The minimum atomic E-state index is -0.799. The molecule has 156 valence electrons. The molecule has 2 aromatic rings. The van der Waals surface area contributed by atoms with Crippen LogP contribution in [0, 0.1) is 11.6 Å². The van der Waals surface area contributed by atoms with Crippen LogP contribution in [0.2, 0.25) is 5.02 Å². The van der Waals surface area contributed by atoms with E-state index < -0.39 is 23.6 Å². The smallest absolute Gasteiger partial charge is 0.242 e. The first-order valence-electron chi connectivity index (χ1n) is 9.50. The van der Waals surface area contributed by atoms with Gasteiger partial charge in [0.25, 0.3) is 0 Å². The summed E-state index contributed by atoms with van der Waals surface area (Å²) in [5.41, 5.74) is 0.736. The third kappa shape index (κ3) is 6.26. The molecule has 0 aliphatic heterocycles. The minimum absolute atomic E-state index is 0.0475. The molecule has 0 spiro atoms. The second-order valence-corrected chi connectivity index (χ2v) is 7.43. The maximum Gasteiger partial charge on any atom is 0.242 e. The molecule has 7 heteroatoms. The number of carbonyl (C=O) groups excluding carboxylic acids is 2. The van der Waals surface area contributed by atoms with Crippen LogP contribution in [0.15, 0.2) is 42.5 Å². The Labute approximate surface area is 174 Å². The molecule has 0 aromatic heterocycles. The minimum Gasteiger partial charge on any atom is -0.352 e. The fraction of sp³-hybridized carbons (Fsp3) is 0.364. The van der Waals surface area contributed by atoms with Crippen molar-refractivity contribution in [2.45, 2.75) is 52.2 Å². The van der Waals surface area contributed by atoms with Gasteiger partial charge in [0.1, 0.15) is 17.7 Å². The normalized spacial score (nSPS) is 12.9. The average molecular weight is 423 g/mol. The zero-order chi connectivity index (χ0) is 21.6. The van der Waals surface area contributed by atoms with Gasteiger partial charge in [-0.2, -0.15) is 0 Å². The van der Waals surface area contributed by atoms with Crippen molar-refractivity contribution in [1.29, 1.82) is 0 Å². The fourth-order valence-electron chi connectivity index (χ4n) is 2.79. The molecule has 2 rings (SSSR count). The summed E-state index contributed by atoms with van der Waals surface area (Å²) in [6.07, 6.45) is 0.461. The van der Waals surface area contributed by atoms with Gasteiger partial charge >= 0.3 is 0 Å². The highest BCUT2D eigenvalue weighted by Crippen LogP contribution is 2.21. The number of hydrogen-bond acceptors (Lipinski definition) is 2. The van der Waals surface area contributed by atoms with Gasteiger partial charge in [-0.05, 0) is 50.1 Å². The maximum atomic E-state index is 14.1. The molecule has 0 radical (unpaired) electrons. The molecule has 0 unspecified atom stereocenters. The monoisotopic (exact) mass is 422 g/mol. The van der Waals surface area contributed by atoms with Gasteiger partial charge in [0.15, 0.2) is 0 Å². The summed E-state index contributed by atoms with van der Waals surface area (Å²) >= 11 is 6.05. The lowest BCUT2D eigenvalue weighted by Crippen LogP contribution is -2.50. The first kappa shape index (κ1) is 22.8. The van der Waals surface area contributed by atoms with Crippen molar-refractivity contribution in [3.8, 4) is 0 Å². The first-order valence-corrected chi connectivity index (χ1v) is 9.87. The van der Waals surface area contributed by atoms with Gasteiger partial charge in [0, 0.05) is 23.2 Å². The van der Waals surface area contributed by atoms with Gasteiger partial charge in [-0.3, -0.25) is 9.59 Å². The SMILES string of the molecule is CC[C@@H](C)NC(=O)[C@H](C)N(Cc1ccc(F)cc1)C(=O)Cc1c(F)cccc1Cl. The number of halogens is 3. The molecule has 2 atom stereocenters. The van der Waals surface area contributed by atoms with Crippen molar-refractivity contribution in [2.75, 3.05) is 0 Å². The van der Waals surface area contributed by atoms with Crippen LogP contribution in [-0.4, -0.2) is 28.8 Å². The molecular formula is C22H25ClF2N2O2. The van der Waals surface area contributed by atoms with E-state index in [4.69, 9.17) is 11.6 Å². The fourth-order valence-corrected chi connectivity index (χ4v) is 3.02. The van der Waals surface area contributed by atoms with Crippen molar-refractivity contribution < 1.29 is 18.4 Å². The van der Waals surface area contributed by atoms with E-state index in [1.165, 1.54) is 35.2 Å². The van der Waals surface area contributed by atoms with E-state index in [2.05, 4.69) is 5.32 Å². The lowest BCUT2D eigenvalue weighted by atomic mass is 10.1. The molecule has 29 heavy (non-hydrogen) atoms. The summed E-state index contributed by atoms with van der Waals surface area (Å²) in [5.74, 6) is -1.74. The summed E-state index contributed by atoms with van der Waals surface area (Å²) in [7, 11) is 0. The van der Waals surface area contributed by atoms with Crippen LogP contribution in [0.25, 0.3) is 0 Å². The average Bonchev–Trinajstić information content (AvgIpc) is 2.69.